The molecule has 8 N–H and O–H groups in total. The van der Waals surface area contributed by atoms with E-state index in [2.05, 4.69) is 0 Å². The van der Waals surface area contributed by atoms with Gasteiger partial charge in [0, 0.05) is 24.5 Å². The first-order valence-electron chi connectivity index (χ1n) is 9.75. The minimum absolute atomic E-state index is 0.0624. The zero-order chi connectivity index (χ0) is 19.4. The average Bonchev–Trinajstić information content (AvgIpc) is 2.65. The van der Waals surface area contributed by atoms with Gasteiger partial charge in [-0.3, -0.25) is 0 Å². The zero-order valence-corrected chi connectivity index (χ0v) is 15.8. The third kappa shape index (κ3) is 4.39. The number of aliphatic hydroxyl groups is 4. The van der Waals surface area contributed by atoms with E-state index in [0.717, 1.165) is 6.42 Å². The summed E-state index contributed by atoms with van der Waals surface area (Å²) in [6.45, 7) is 3.70. The lowest BCUT2D eigenvalue weighted by molar-refractivity contribution is -0.197. The molecule has 1 aliphatic carbocycles. The van der Waals surface area contributed by atoms with E-state index in [9.17, 15) is 20.4 Å². The molecule has 0 bridgehead atoms. The van der Waals surface area contributed by atoms with Crippen molar-refractivity contribution in [2.75, 3.05) is 19.8 Å². The summed E-state index contributed by atoms with van der Waals surface area (Å²) in [4.78, 5) is 0. The molecule has 2 fully saturated rings. The molecule has 26 heavy (non-hydrogen) atoms. The Morgan fingerprint density at radius 1 is 0.923 bits per heavy atom. The Morgan fingerprint density at radius 3 is 2.15 bits per heavy atom. The number of rotatable bonds is 7. The van der Waals surface area contributed by atoms with Crippen LogP contribution in [-0.4, -0.2) is 82.9 Å². The van der Waals surface area contributed by atoms with Gasteiger partial charge in [0.2, 0.25) is 0 Å². The van der Waals surface area contributed by atoms with Crippen molar-refractivity contribution < 1.29 is 29.9 Å². The van der Waals surface area contributed by atoms with Crippen LogP contribution in [0.2, 0.25) is 0 Å². The summed E-state index contributed by atoms with van der Waals surface area (Å²) >= 11 is 0. The van der Waals surface area contributed by atoms with Gasteiger partial charge in [-0.1, -0.05) is 20.3 Å². The molecule has 0 spiro atoms. The molecule has 10 unspecified atom stereocenters. The maximum Gasteiger partial charge on any atom is 0.0989 e. The lowest BCUT2D eigenvalue weighted by atomic mass is 9.74. The highest BCUT2D eigenvalue weighted by molar-refractivity contribution is 4.97. The molecule has 0 amide bonds. The fourth-order valence-electron chi connectivity index (χ4n) is 4.49. The van der Waals surface area contributed by atoms with Crippen LogP contribution in [0.5, 0.6) is 0 Å². The number of aliphatic hydroxyl groups excluding tert-OH is 4. The fourth-order valence-corrected chi connectivity index (χ4v) is 4.49. The Balaban J connectivity index is 2.02. The molecule has 8 heteroatoms. The maximum atomic E-state index is 10.5. The molecule has 1 saturated carbocycles. The molecular weight excluding hydrogens is 340 g/mol. The Labute approximate surface area is 155 Å². The normalized spacial score (nSPS) is 47.1. The van der Waals surface area contributed by atoms with Gasteiger partial charge in [0.05, 0.1) is 49.8 Å². The maximum absolute atomic E-state index is 10.5. The SMILES string of the molecule is CCC1CC(CO)C(OCC2OC(CO)C(CC)C(O)C2N)C(O)C1N. The van der Waals surface area contributed by atoms with E-state index in [1.54, 1.807) is 0 Å². The molecule has 0 aromatic heterocycles. The van der Waals surface area contributed by atoms with Crippen molar-refractivity contribution in [3.8, 4) is 0 Å². The van der Waals surface area contributed by atoms with E-state index < -0.39 is 42.6 Å². The van der Waals surface area contributed by atoms with Gasteiger partial charge in [-0.2, -0.15) is 0 Å². The monoisotopic (exact) mass is 376 g/mol. The summed E-state index contributed by atoms with van der Waals surface area (Å²) in [7, 11) is 0. The molecule has 0 aromatic carbocycles. The molecule has 0 radical (unpaired) electrons. The van der Waals surface area contributed by atoms with Crippen LogP contribution in [0.4, 0.5) is 0 Å². The van der Waals surface area contributed by atoms with Crippen LogP contribution in [0.3, 0.4) is 0 Å². The molecule has 0 aromatic rings. The standard InChI is InChI=1S/C18H36N2O6/c1-3-9-5-10(6-21)18(17(24)14(9)19)25-8-13-15(20)16(23)11(4-2)12(7-22)26-13/h9-18,21-24H,3-8,19-20H2,1-2H3. The second-order valence-corrected chi connectivity index (χ2v) is 7.75. The lowest BCUT2D eigenvalue weighted by Crippen LogP contribution is -2.61. The van der Waals surface area contributed by atoms with Crippen LogP contribution >= 0.6 is 0 Å². The highest BCUT2D eigenvalue weighted by Gasteiger charge is 2.45. The van der Waals surface area contributed by atoms with Crippen molar-refractivity contribution >= 4 is 0 Å². The molecule has 8 nitrogen and oxygen atoms in total. The van der Waals surface area contributed by atoms with Gasteiger partial charge in [-0.25, -0.2) is 0 Å². The summed E-state index contributed by atoms with van der Waals surface area (Å²) in [6, 6.07) is -1.05. The van der Waals surface area contributed by atoms with Crippen LogP contribution in [-0.2, 0) is 9.47 Å². The van der Waals surface area contributed by atoms with Gasteiger partial charge in [-0.05, 0) is 18.8 Å². The van der Waals surface area contributed by atoms with Gasteiger partial charge in [0.15, 0.2) is 0 Å². The largest absolute Gasteiger partial charge is 0.396 e. The molecule has 2 rings (SSSR count). The van der Waals surface area contributed by atoms with E-state index in [1.807, 2.05) is 13.8 Å². The van der Waals surface area contributed by atoms with E-state index in [4.69, 9.17) is 20.9 Å². The molecular formula is C18H36N2O6. The van der Waals surface area contributed by atoms with Gasteiger partial charge >= 0.3 is 0 Å². The highest BCUT2D eigenvalue weighted by Crippen LogP contribution is 2.34. The van der Waals surface area contributed by atoms with Crippen molar-refractivity contribution in [2.24, 2.45) is 29.2 Å². The first-order valence-corrected chi connectivity index (χ1v) is 9.75. The van der Waals surface area contributed by atoms with Gasteiger partial charge < -0.3 is 41.4 Å². The molecule has 2 aliphatic rings. The fraction of sp³-hybridized carbons (Fsp3) is 1.00. The number of hydrogen-bond acceptors (Lipinski definition) is 8. The number of nitrogens with two attached hydrogens (primary N) is 2. The second-order valence-electron chi connectivity index (χ2n) is 7.75. The Hall–Kier alpha value is -0.320. The van der Waals surface area contributed by atoms with Crippen molar-refractivity contribution in [3.63, 3.8) is 0 Å². The Kier molecular flexibility index (Phi) is 8.24. The van der Waals surface area contributed by atoms with Gasteiger partial charge in [-0.15, -0.1) is 0 Å². The first-order chi connectivity index (χ1) is 12.4. The van der Waals surface area contributed by atoms with Crippen molar-refractivity contribution in [2.45, 2.75) is 75.7 Å². The van der Waals surface area contributed by atoms with Gasteiger partial charge in [0.1, 0.15) is 0 Å². The predicted molar refractivity (Wildman–Crippen MR) is 96.2 cm³/mol. The van der Waals surface area contributed by atoms with E-state index in [-0.39, 0.29) is 37.6 Å². The minimum Gasteiger partial charge on any atom is -0.396 e. The van der Waals surface area contributed by atoms with Crippen LogP contribution in [0, 0.1) is 17.8 Å². The molecule has 154 valence electrons. The Bertz CT molecular complexity index is 424. The molecule has 1 saturated heterocycles. The minimum atomic E-state index is -0.882. The van der Waals surface area contributed by atoms with Crippen LogP contribution < -0.4 is 11.5 Å². The van der Waals surface area contributed by atoms with Gasteiger partial charge in [0.25, 0.3) is 0 Å². The van der Waals surface area contributed by atoms with E-state index in [1.165, 1.54) is 0 Å². The third-order valence-corrected chi connectivity index (χ3v) is 6.30. The Morgan fingerprint density at radius 2 is 1.62 bits per heavy atom. The van der Waals surface area contributed by atoms with Crippen LogP contribution in [0.1, 0.15) is 33.1 Å². The topological polar surface area (TPSA) is 151 Å². The number of hydrogen-bond donors (Lipinski definition) is 6. The average molecular weight is 376 g/mol. The predicted octanol–water partition coefficient (Wildman–Crippen LogP) is -1.43. The first kappa shape index (κ1) is 22.0. The quantitative estimate of drug-likeness (QED) is 0.316. The molecule has 1 heterocycles. The summed E-state index contributed by atoms with van der Waals surface area (Å²) in [5.41, 5.74) is 12.3. The van der Waals surface area contributed by atoms with E-state index >= 15 is 0 Å². The van der Waals surface area contributed by atoms with Crippen LogP contribution in [0.15, 0.2) is 0 Å². The van der Waals surface area contributed by atoms with Crippen molar-refractivity contribution in [1.29, 1.82) is 0 Å². The second kappa shape index (κ2) is 9.75. The lowest BCUT2D eigenvalue weighted by Gasteiger charge is -2.45. The third-order valence-electron chi connectivity index (χ3n) is 6.30. The summed E-state index contributed by atoms with van der Waals surface area (Å²) < 4.78 is 11.7. The molecule has 10 atom stereocenters. The van der Waals surface area contributed by atoms with Crippen LogP contribution in [0.25, 0.3) is 0 Å². The zero-order valence-electron chi connectivity index (χ0n) is 15.8. The van der Waals surface area contributed by atoms with E-state index in [0.29, 0.717) is 12.8 Å². The highest BCUT2D eigenvalue weighted by atomic mass is 16.6. The molecule has 1 aliphatic heterocycles. The van der Waals surface area contributed by atoms with Crippen molar-refractivity contribution in [1.82, 2.24) is 0 Å². The smallest absolute Gasteiger partial charge is 0.0989 e. The number of ether oxygens (including phenoxy) is 2. The summed E-state index contributed by atoms with van der Waals surface area (Å²) in [5, 5.41) is 40.2. The summed E-state index contributed by atoms with van der Waals surface area (Å²) in [6.07, 6.45) is -1.22. The van der Waals surface area contributed by atoms with Crippen molar-refractivity contribution in [3.05, 3.63) is 0 Å². The summed E-state index contributed by atoms with van der Waals surface area (Å²) in [5.74, 6) is -0.298.